The van der Waals surface area contributed by atoms with Crippen LogP contribution in [0.3, 0.4) is 0 Å². The van der Waals surface area contributed by atoms with Crippen LogP contribution in [0.15, 0.2) is 59.0 Å². The van der Waals surface area contributed by atoms with E-state index in [1.165, 1.54) is 12.2 Å². The number of ketones is 1. The van der Waals surface area contributed by atoms with Crippen LogP contribution in [0.4, 0.5) is 0 Å². The van der Waals surface area contributed by atoms with E-state index >= 15 is 0 Å². The smallest absolute Gasteiger partial charge is 0.178 e. The molecule has 4 heteroatoms. The molecule has 1 aromatic heterocycles. The average molecular weight is 213 g/mol. The van der Waals surface area contributed by atoms with E-state index in [1.807, 2.05) is 36.1 Å². The van der Waals surface area contributed by atoms with Crippen molar-refractivity contribution in [2.24, 2.45) is 17.3 Å². The van der Waals surface area contributed by atoms with Crippen molar-refractivity contribution in [3.63, 3.8) is 0 Å². The Kier molecular flexibility index (Phi) is 2.91. The van der Waals surface area contributed by atoms with Crippen LogP contribution in [-0.4, -0.2) is 16.1 Å². The van der Waals surface area contributed by atoms with Crippen molar-refractivity contribution >= 4 is 11.5 Å². The topological polar surface area (TPSA) is 46.7 Å². The maximum atomic E-state index is 10.9. The molecule has 0 unspecified atom stereocenters. The van der Waals surface area contributed by atoms with Gasteiger partial charge in [0.05, 0.1) is 11.1 Å². The lowest BCUT2D eigenvalue weighted by Gasteiger charge is -1.95. The summed E-state index contributed by atoms with van der Waals surface area (Å²) in [6.45, 7) is 0. The third-order valence-electron chi connectivity index (χ3n) is 2.08. The first-order chi connectivity index (χ1) is 7.74. The molecule has 0 spiro atoms. The van der Waals surface area contributed by atoms with Gasteiger partial charge in [-0.3, -0.25) is 4.79 Å². The minimum atomic E-state index is -0.0225. The van der Waals surface area contributed by atoms with E-state index in [1.54, 1.807) is 12.2 Å². The lowest BCUT2D eigenvalue weighted by Crippen LogP contribution is -2.03. The molecule has 1 heterocycles. The third kappa shape index (κ3) is 2.63. The minimum Gasteiger partial charge on any atom is -0.357 e. The van der Waals surface area contributed by atoms with Crippen LogP contribution < -0.4 is 5.36 Å². The molecule has 2 rings (SSSR count). The normalized spacial score (nSPS) is 14.1. The summed E-state index contributed by atoms with van der Waals surface area (Å²) >= 11 is 0. The van der Waals surface area contributed by atoms with Gasteiger partial charge in [-0.2, -0.15) is 10.2 Å². The molecular weight excluding hydrogens is 202 g/mol. The molecule has 0 N–H and O–H groups in total. The molecule has 0 radical (unpaired) electrons. The standard InChI is InChI=1S/C12H11N3O/c1-15-8-6-11(7-9-15)14-13-10-2-4-12(16)5-3-10/h2-9H,1H3. The molecule has 1 aliphatic carbocycles. The Morgan fingerprint density at radius 3 is 2.25 bits per heavy atom. The second kappa shape index (κ2) is 4.53. The van der Waals surface area contributed by atoms with Crippen molar-refractivity contribution in [3.8, 4) is 0 Å². The Labute approximate surface area is 93.0 Å². The van der Waals surface area contributed by atoms with Crippen molar-refractivity contribution in [1.29, 1.82) is 0 Å². The van der Waals surface area contributed by atoms with Crippen LogP contribution in [0.2, 0.25) is 0 Å². The van der Waals surface area contributed by atoms with Crippen molar-refractivity contribution in [3.05, 3.63) is 54.2 Å². The number of hydrogen-bond acceptors (Lipinski definition) is 3. The highest BCUT2D eigenvalue weighted by Gasteiger charge is 1.98. The van der Waals surface area contributed by atoms with Crippen LogP contribution in [0, 0.1) is 0 Å². The summed E-state index contributed by atoms with van der Waals surface area (Å²) in [6.07, 6.45) is 10.0. The van der Waals surface area contributed by atoms with Crippen LogP contribution in [0.5, 0.6) is 0 Å². The molecular formula is C12H11N3O. The number of rotatable bonds is 1. The van der Waals surface area contributed by atoms with Crippen molar-refractivity contribution in [2.45, 2.75) is 0 Å². The van der Waals surface area contributed by atoms with E-state index in [0.717, 1.165) is 5.36 Å². The van der Waals surface area contributed by atoms with Gasteiger partial charge in [0.25, 0.3) is 0 Å². The van der Waals surface area contributed by atoms with Gasteiger partial charge in [-0.05, 0) is 36.4 Å². The van der Waals surface area contributed by atoms with Crippen molar-refractivity contribution in [2.75, 3.05) is 0 Å². The van der Waals surface area contributed by atoms with Gasteiger partial charge in [-0.15, -0.1) is 0 Å². The van der Waals surface area contributed by atoms with Gasteiger partial charge in [0.1, 0.15) is 0 Å². The Bertz CT molecular complexity index is 523. The van der Waals surface area contributed by atoms with Gasteiger partial charge in [0, 0.05) is 19.4 Å². The number of nitrogens with zero attached hydrogens (tertiary/aromatic N) is 3. The largest absolute Gasteiger partial charge is 0.357 e. The number of aromatic nitrogens is 1. The number of pyridine rings is 1. The zero-order valence-corrected chi connectivity index (χ0v) is 8.87. The SMILES string of the molecule is Cn1ccc(=NN=C2C=CC(=O)C=C2)cc1. The van der Waals surface area contributed by atoms with Gasteiger partial charge in [-0.25, -0.2) is 0 Å². The van der Waals surface area contributed by atoms with Gasteiger partial charge in [0.2, 0.25) is 0 Å². The predicted octanol–water partition coefficient (Wildman–Crippen LogP) is 0.977. The summed E-state index contributed by atoms with van der Waals surface area (Å²) in [5, 5.41) is 8.86. The second-order valence-corrected chi connectivity index (χ2v) is 3.42. The zero-order valence-electron chi connectivity index (χ0n) is 8.87. The molecule has 0 aromatic carbocycles. The quantitative estimate of drug-likeness (QED) is 0.506. The summed E-state index contributed by atoms with van der Waals surface area (Å²) in [5.74, 6) is -0.0225. The molecule has 16 heavy (non-hydrogen) atoms. The van der Waals surface area contributed by atoms with E-state index < -0.39 is 0 Å². The molecule has 0 saturated heterocycles. The first-order valence-electron chi connectivity index (χ1n) is 4.88. The van der Waals surface area contributed by atoms with Gasteiger partial charge < -0.3 is 4.57 Å². The van der Waals surface area contributed by atoms with Gasteiger partial charge in [-0.1, -0.05) is 0 Å². The van der Waals surface area contributed by atoms with E-state index in [2.05, 4.69) is 10.2 Å². The van der Waals surface area contributed by atoms with E-state index in [4.69, 9.17) is 0 Å². The number of aryl methyl sites for hydroxylation is 1. The molecule has 4 nitrogen and oxygen atoms in total. The number of hydrogen-bond donors (Lipinski definition) is 0. The second-order valence-electron chi connectivity index (χ2n) is 3.42. The summed E-state index contributed by atoms with van der Waals surface area (Å²) in [7, 11) is 1.94. The lowest BCUT2D eigenvalue weighted by atomic mass is 10.2. The highest BCUT2D eigenvalue weighted by molar-refractivity contribution is 6.16. The summed E-state index contributed by atoms with van der Waals surface area (Å²) in [6, 6.07) is 3.73. The van der Waals surface area contributed by atoms with Gasteiger partial charge in [0.15, 0.2) is 5.78 Å². The Hall–Kier alpha value is -2.23. The van der Waals surface area contributed by atoms with Crippen LogP contribution >= 0.6 is 0 Å². The minimum absolute atomic E-state index is 0.0225. The zero-order chi connectivity index (χ0) is 11.4. The highest BCUT2D eigenvalue weighted by atomic mass is 16.1. The summed E-state index contributed by atoms with van der Waals surface area (Å²) < 4.78 is 1.92. The van der Waals surface area contributed by atoms with Crippen molar-refractivity contribution < 1.29 is 4.79 Å². The first-order valence-corrected chi connectivity index (χ1v) is 4.88. The first kappa shape index (κ1) is 10.3. The maximum absolute atomic E-state index is 10.9. The number of allylic oxidation sites excluding steroid dienone is 4. The molecule has 0 fully saturated rings. The molecule has 1 aromatic rings. The van der Waals surface area contributed by atoms with Gasteiger partial charge >= 0.3 is 0 Å². The molecule has 0 atom stereocenters. The summed E-state index contributed by atoms with van der Waals surface area (Å²) in [5.41, 5.74) is 0.674. The van der Waals surface area contributed by atoms with Crippen LogP contribution in [-0.2, 0) is 11.8 Å². The summed E-state index contributed by atoms with van der Waals surface area (Å²) in [4.78, 5) is 10.9. The van der Waals surface area contributed by atoms with Crippen molar-refractivity contribution in [1.82, 2.24) is 4.57 Å². The monoisotopic (exact) mass is 213 g/mol. The number of carbonyl (C=O) groups excluding carboxylic acids is 1. The van der Waals surface area contributed by atoms with E-state index in [0.29, 0.717) is 5.71 Å². The fourth-order valence-corrected chi connectivity index (χ4v) is 1.19. The lowest BCUT2D eigenvalue weighted by molar-refractivity contribution is -0.110. The third-order valence-corrected chi connectivity index (χ3v) is 2.08. The fourth-order valence-electron chi connectivity index (χ4n) is 1.19. The molecule has 0 saturated carbocycles. The Morgan fingerprint density at radius 2 is 1.62 bits per heavy atom. The van der Waals surface area contributed by atoms with Crippen LogP contribution in [0.1, 0.15) is 0 Å². The predicted molar refractivity (Wildman–Crippen MR) is 61.7 cm³/mol. The number of carbonyl (C=O) groups is 1. The van der Waals surface area contributed by atoms with Crippen LogP contribution in [0.25, 0.3) is 0 Å². The highest BCUT2D eigenvalue weighted by Crippen LogP contribution is 1.95. The molecule has 0 amide bonds. The van der Waals surface area contributed by atoms with E-state index in [-0.39, 0.29) is 5.78 Å². The molecule has 80 valence electrons. The van der Waals surface area contributed by atoms with E-state index in [9.17, 15) is 4.79 Å². The molecule has 0 bridgehead atoms. The molecule has 0 aliphatic heterocycles. The Balaban J connectivity index is 2.23. The fraction of sp³-hybridized carbons (Fsp3) is 0.0833. The maximum Gasteiger partial charge on any atom is 0.178 e. The molecule has 1 aliphatic rings. The Morgan fingerprint density at radius 1 is 1.00 bits per heavy atom. The average Bonchev–Trinajstić information content (AvgIpc) is 2.30.